The highest BCUT2D eigenvalue weighted by atomic mass is 19.3. The number of aryl methyl sites for hydroxylation is 1. The highest BCUT2D eigenvalue weighted by Crippen LogP contribution is 2.65. The van der Waals surface area contributed by atoms with Crippen molar-refractivity contribution in [2.45, 2.75) is 57.0 Å². The van der Waals surface area contributed by atoms with Gasteiger partial charge in [0.05, 0.1) is 6.10 Å². The Labute approximate surface area is 129 Å². The molecule has 5 atom stereocenters. The van der Waals surface area contributed by atoms with E-state index in [2.05, 4.69) is 0 Å². The largest absolute Gasteiger partial charge is 0.508 e. The Bertz CT molecular complexity index is 615. The molecule has 0 amide bonds. The molecule has 3 aliphatic rings. The molecule has 3 aliphatic carbocycles. The van der Waals surface area contributed by atoms with E-state index in [4.69, 9.17) is 0 Å². The zero-order valence-corrected chi connectivity index (χ0v) is 12.7. The van der Waals surface area contributed by atoms with Gasteiger partial charge in [-0.15, -0.1) is 0 Å². The summed E-state index contributed by atoms with van der Waals surface area (Å²) in [5, 5.41) is 19.9. The number of phenols is 1. The lowest BCUT2D eigenvalue weighted by Crippen LogP contribution is -2.48. The van der Waals surface area contributed by atoms with Crippen molar-refractivity contribution in [2.24, 2.45) is 17.3 Å². The Hall–Kier alpha value is -1.16. The molecule has 0 spiro atoms. The maximum absolute atomic E-state index is 14.6. The van der Waals surface area contributed by atoms with Gasteiger partial charge in [0.15, 0.2) is 0 Å². The average molecular weight is 308 g/mol. The maximum Gasteiger partial charge on any atom is 0.254 e. The molecule has 1 unspecified atom stereocenters. The minimum atomic E-state index is -2.77. The molecule has 4 rings (SSSR count). The van der Waals surface area contributed by atoms with Gasteiger partial charge in [-0.05, 0) is 60.8 Å². The summed E-state index contributed by atoms with van der Waals surface area (Å²) >= 11 is 0. The Morgan fingerprint density at radius 3 is 2.77 bits per heavy atom. The first kappa shape index (κ1) is 14.4. The fraction of sp³-hybridized carbons (Fsp3) is 0.667. The number of fused-ring (bicyclic) bond motifs is 5. The number of hydrogen-bond acceptors (Lipinski definition) is 2. The Kier molecular flexibility index (Phi) is 2.91. The topological polar surface area (TPSA) is 40.5 Å². The predicted molar refractivity (Wildman–Crippen MR) is 79.1 cm³/mol. The third-order valence-corrected chi connectivity index (χ3v) is 6.60. The lowest BCUT2D eigenvalue weighted by Gasteiger charge is -2.50. The van der Waals surface area contributed by atoms with Gasteiger partial charge in [-0.3, -0.25) is 0 Å². The number of rotatable bonds is 0. The summed E-state index contributed by atoms with van der Waals surface area (Å²) in [6, 6.07) is 5.35. The Morgan fingerprint density at radius 1 is 1.23 bits per heavy atom. The monoisotopic (exact) mass is 308 g/mol. The smallest absolute Gasteiger partial charge is 0.254 e. The van der Waals surface area contributed by atoms with Crippen molar-refractivity contribution >= 4 is 0 Å². The number of alkyl halides is 2. The highest BCUT2D eigenvalue weighted by molar-refractivity contribution is 5.40. The number of phenolic OH excluding ortho intramolecular Hbond substituents is 1. The van der Waals surface area contributed by atoms with Gasteiger partial charge in [-0.2, -0.15) is 0 Å². The summed E-state index contributed by atoms with van der Waals surface area (Å²) in [6.45, 7) is 1.85. The molecule has 4 heteroatoms. The van der Waals surface area contributed by atoms with Gasteiger partial charge in [0, 0.05) is 17.8 Å². The minimum absolute atomic E-state index is 0.0667. The van der Waals surface area contributed by atoms with Crippen LogP contribution in [0.4, 0.5) is 8.78 Å². The van der Waals surface area contributed by atoms with Crippen molar-refractivity contribution in [2.75, 3.05) is 0 Å². The van der Waals surface area contributed by atoms with Gasteiger partial charge < -0.3 is 10.2 Å². The van der Waals surface area contributed by atoms with Crippen molar-refractivity contribution in [3.63, 3.8) is 0 Å². The zero-order valence-electron chi connectivity index (χ0n) is 12.7. The van der Waals surface area contributed by atoms with Crippen LogP contribution in [0.25, 0.3) is 0 Å². The van der Waals surface area contributed by atoms with Gasteiger partial charge >= 0.3 is 0 Å². The summed E-state index contributed by atoms with van der Waals surface area (Å²) in [6.07, 6.45) is 1.68. The van der Waals surface area contributed by atoms with E-state index in [9.17, 15) is 19.0 Å². The number of aliphatic hydroxyl groups is 1. The molecule has 1 aromatic carbocycles. The SMILES string of the molecule is C[C@]12CC[C@@H]3c4ccc(O)cc4CC[C@H]3[C@@H]1C(F)(F)CC2O. The normalized spacial score (nSPS) is 42.4. The number of benzene rings is 1. The van der Waals surface area contributed by atoms with Crippen LogP contribution in [0.5, 0.6) is 5.75 Å². The summed E-state index contributed by atoms with van der Waals surface area (Å²) in [5.74, 6) is -3.18. The lowest BCUT2D eigenvalue weighted by molar-refractivity contribution is -0.113. The molecule has 2 fully saturated rings. The molecule has 120 valence electrons. The number of aliphatic hydroxyl groups excluding tert-OH is 1. The molecule has 2 saturated carbocycles. The van der Waals surface area contributed by atoms with E-state index < -0.39 is 23.4 Å². The van der Waals surface area contributed by atoms with Crippen LogP contribution in [0, 0.1) is 17.3 Å². The molecule has 0 heterocycles. The third kappa shape index (κ3) is 1.79. The van der Waals surface area contributed by atoms with Crippen LogP contribution in [0.2, 0.25) is 0 Å². The molecule has 0 saturated heterocycles. The molecule has 2 N–H and O–H groups in total. The van der Waals surface area contributed by atoms with Crippen molar-refractivity contribution < 1.29 is 19.0 Å². The second-order valence-corrected chi connectivity index (χ2v) is 7.70. The minimum Gasteiger partial charge on any atom is -0.508 e. The van der Waals surface area contributed by atoms with Gasteiger partial charge in [-0.25, -0.2) is 8.78 Å². The van der Waals surface area contributed by atoms with Gasteiger partial charge in [0.1, 0.15) is 5.75 Å². The Morgan fingerprint density at radius 2 is 2.00 bits per heavy atom. The lowest BCUT2D eigenvalue weighted by atomic mass is 9.55. The highest BCUT2D eigenvalue weighted by Gasteiger charge is 2.66. The summed E-state index contributed by atoms with van der Waals surface area (Å²) in [4.78, 5) is 0. The van der Waals surface area contributed by atoms with E-state index in [0.29, 0.717) is 6.42 Å². The van der Waals surface area contributed by atoms with E-state index in [1.54, 1.807) is 12.1 Å². The standard InChI is InChI=1S/C18H22F2O2/c1-17-7-6-13-12-5-3-11(21)8-10(12)2-4-14(13)16(17)18(19,20)9-15(17)22/h3,5,8,13-16,21-22H,2,4,6-7,9H2,1H3/t13-,14-,15?,16+,17-/m1/s1. The van der Waals surface area contributed by atoms with Crippen molar-refractivity contribution in [3.8, 4) is 5.75 Å². The second-order valence-electron chi connectivity index (χ2n) is 7.70. The van der Waals surface area contributed by atoms with Crippen LogP contribution in [0.15, 0.2) is 18.2 Å². The van der Waals surface area contributed by atoms with Crippen molar-refractivity contribution in [3.05, 3.63) is 29.3 Å². The third-order valence-electron chi connectivity index (χ3n) is 6.60. The molecule has 0 radical (unpaired) electrons. The van der Waals surface area contributed by atoms with E-state index in [1.165, 1.54) is 0 Å². The molecule has 1 aromatic rings. The van der Waals surface area contributed by atoms with Crippen LogP contribution in [0.1, 0.15) is 49.7 Å². The van der Waals surface area contributed by atoms with Crippen LogP contribution >= 0.6 is 0 Å². The van der Waals surface area contributed by atoms with Crippen molar-refractivity contribution in [1.82, 2.24) is 0 Å². The van der Waals surface area contributed by atoms with E-state index >= 15 is 0 Å². The van der Waals surface area contributed by atoms with E-state index in [-0.39, 0.29) is 24.0 Å². The van der Waals surface area contributed by atoms with Gasteiger partial charge in [-0.1, -0.05) is 13.0 Å². The summed E-state index contributed by atoms with van der Waals surface area (Å²) < 4.78 is 29.2. The van der Waals surface area contributed by atoms with Crippen LogP contribution in [-0.2, 0) is 6.42 Å². The molecule has 22 heavy (non-hydrogen) atoms. The average Bonchev–Trinajstić information content (AvgIpc) is 2.63. The fourth-order valence-corrected chi connectivity index (χ4v) is 5.59. The van der Waals surface area contributed by atoms with Gasteiger partial charge in [0.2, 0.25) is 0 Å². The second kappa shape index (κ2) is 4.44. The molecule has 0 aliphatic heterocycles. The van der Waals surface area contributed by atoms with Crippen molar-refractivity contribution in [1.29, 1.82) is 0 Å². The quantitative estimate of drug-likeness (QED) is 0.764. The maximum atomic E-state index is 14.6. The molecular weight excluding hydrogens is 286 g/mol. The van der Waals surface area contributed by atoms with Crippen LogP contribution in [-0.4, -0.2) is 22.2 Å². The van der Waals surface area contributed by atoms with E-state index in [0.717, 1.165) is 30.4 Å². The van der Waals surface area contributed by atoms with Gasteiger partial charge in [0.25, 0.3) is 5.92 Å². The van der Waals surface area contributed by atoms with Crippen LogP contribution in [0.3, 0.4) is 0 Å². The summed E-state index contributed by atoms with van der Waals surface area (Å²) in [5.41, 5.74) is 1.58. The molecule has 0 aromatic heterocycles. The first-order chi connectivity index (χ1) is 10.3. The fourth-order valence-electron chi connectivity index (χ4n) is 5.59. The zero-order chi connectivity index (χ0) is 15.7. The molecule has 2 nitrogen and oxygen atoms in total. The first-order valence-corrected chi connectivity index (χ1v) is 8.20. The predicted octanol–water partition coefficient (Wildman–Crippen LogP) is 3.85. The number of halogens is 2. The molecule has 0 bridgehead atoms. The first-order valence-electron chi connectivity index (χ1n) is 8.20. The molecular formula is C18H22F2O2. The van der Waals surface area contributed by atoms with Crippen LogP contribution < -0.4 is 0 Å². The van der Waals surface area contributed by atoms with E-state index in [1.807, 2.05) is 13.0 Å². The summed E-state index contributed by atoms with van der Waals surface area (Å²) in [7, 11) is 0. The Balaban J connectivity index is 1.76. The number of aromatic hydroxyl groups is 1. The number of hydrogen-bond donors (Lipinski definition) is 2.